The molecule has 0 radical (unpaired) electrons. The average molecular weight is 717 g/mol. The SMILES string of the molecule is CCCN1/C(=C/C=C2\CCCC(/C=C/C3=[N+](CCC)c4ccccc4C3(C)C)=C2n2cc(-c3ccc(C(F)(F)F)cc3)nn2)C(C)(C)c2ccccc21. The van der Waals surface area contributed by atoms with Crippen molar-refractivity contribution in [2.75, 3.05) is 18.0 Å². The zero-order valence-electron chi connectivity index (χ0n) is 31.6. The van der Waals surface area contributed by atoms with Gasteiger partial charge in [-0.15, -0.1) is 5.10 Å². The molecule has 8 heteroatoms. The zero-order valence-corrected chi connectivity index (χ0v) is 31.6. The molecule has 0 saturated carbocycles. The van der Waals surface area contributed by atoms with Gasteiger partial charge in [-0.05, 0) is 80.5 Å². The molecule has 1 aliphatic carbocycles. The van der Waals surface area contributed by atoms with Crippen molar-refractivity contribution in [2.45, 2.75) is 90.7 Å². The number of fused-ring (bicyclic) bond motifs is 2. The molecular weight excluding hydrogens is 668 g/mol. The molecule has 0 bridgehead atoms. The molecule has 7 rings (SSSR count). The quantitative estimate of drug-likeness (QED) is 0.162. The van der Waals surface area contributed by atoms with Crippen LogP contribution in [0.2, 0.25) is 0 Å². The Hall–Kier alpha value is -4.98. The first-order valence-corrected chi connectivity index (χ1v) is 18.9. The standard InChI is InChI=1S/C45H49F3N5/c1-7-28-51-38-18-11-9-16-35(38)43(3,4)40(51)26-22-32-14-13-15-33(23-27-41-44(5,6)36-17-10-12-19-39(36)52(41)29-8-2)42(32)53-30-37(49-50-53)31-20-24-34(25-21-31)45(46,47)48/h9-12,16-27,30H,7-8,13-15,28-29H2,1-6H3/q+1. The number of hydrogen-bond acceptors (Lipinski definition) is 3. The number of halogens is 3. The molecule has 0 saturated heterocycles. The van der Waals surface area contributed by atoms with Gasteiger partial charge in [0.25, 0.3) is 0 Å². The molecule has 0 fully saturated rings. The van der Waals surface area contributed by atoms with E-state index in [9.17, 15) is 13.2 Å². The number of hydrogen-bond donors (Lipinski definition) is 0. The third-order valence-corrected chi connectivity index (χ3v) is 11.1. The molecule has 3 aromatic carbocycles. The Morgan fingerprint density at radius 1 is 0.811 bits per heavy atom. The van der Waals surface area contributed by atoms with E-state index < -0.39 is 11.7 Å². The van der Waals surface area contributed by atoms with Crippen LogP contribution in [-0.4, -0.2) is 38.4 Å². The molecule has 2 aliphatic heterocycles. The van der Waals surface area contributed by atoms with E-state index in [4.69, 9.17) is 0 Å². The molecule has 5 nitrogen and oxygen atoms in total. The number of aromatic nitrogens is 3. The highest BCUT2D eigenvalue weighted by Crippen LogP contribution is 2.48. The van der Waals surface area contributed by atoms with Crippen LogP contribution in [0.3, 0.4) is 0 Å². The molecule has 3 heterocycles. The summed E-state index contributed by atoms with van der Waals surface area (Å²) in [7, 11) is 0. The van der Waals surface area contributed by atoms with Crippen molar-refractivity contribution in [1.82, 2.24) is 15.0 Å². The van der Waals surface area contributed by atoms with Gasteiger partial charge in [-0.2, -0.15) is 17.7 Å². The molecule has 0 N–H and O–H groups in total. The van der Waals surface area contributed by atoms with Gasteiger partial charge < -0.3 is 4.90 Å². The molecule has 0 spiro atoms. The summed E-state index contributed by atoms with van der Waals surface area (Å²) in [5.41, 5.74) is 11.1. The smallest absolute Gasteiger partial charge is 0.344 e. The van der Waals surface area contributed by atoms with E-state index in [1.54, 1.807) is 0 Å². The normalized spacial score (nSPS) is 19.6. The molecule has 0 amide bonds. The lowest BCUT2D eigenvalue weighted by Crippen LogP contribution is -2.28. The first kappa shape index (κ1) is 36.4. The number of nitrogens with zero attached hydrogens (tertiary/aromatic N) is 5. The number of rotatable bonds is 9. The lowest BCUT2D eigenvalue weighted by atomic mass is 9.81. The van der Waals surface area contributed by atoms with Crippen LogP contribution in [0.1, 0.15) is 90.3 Å². The highest BCUT2D eigenvalue weighted by Gasteiger charge is 2.44. The number of anilines is 1. The molecule has 53 heavy (non-hydrogen) atoms. The Balaban J connectivity index is 1.35. The highest BCUT2D eigenvalue weighted by atomic mass is 19.4. The van der Waals surface area contributed by atoms with E-state index in [-0.39, 0.29) is 10.8 Å². The van der Waals surface area contributed by atoms with Crippen molar-refractivity contribution in [3.05, 3.63) is 137 Å². The van der Waals surface area contributed by atoms with E-state index in [0.29, 0.717) is 11.3 Å². The van der Waals surface area contributed by atoms with Crippen LogP contribution >= 0.6 is 0 Å². The third-order valence-electron chi connectivity index (χ3n) is 11.1. The van der Waals surface area contributed by atoms with Crippen LogP contribution in [0.4, 0.5) is 24.5 Å². The topological polar surface area (TPSA) is 37.0 Å². The monoisotopic (exact) mass is 716 g/mol. The van der Waals surface area contributed by atoms with Crippen molar-refractivity contribution in [1.29, 1.82) is 0 Å². The van der Waals surface area contributed by atoms with Gasteiger partial charge in [0, 0.05) is 53.0 Å². The second-order valence-electron chi connectivity index (χ2n) is 15.4. The number of allylic oxidation sites excluding steroid dienone is 8. The van der Waals surface area contributed by atoms with Gasteiger partial charge in [0.2, 0.25) is 5.69 Å². The molecular formula is C45H49F3N5+. The fraction of sp³-hybridized carbons (Fsp3) is 0.356. The van der Waals surface area contributed by atoms with Crippen molar-refractivity contribution in [3.8, 4) is 11.3 Å². The zero-order chi connectivity index (χ0) is 37.5. The summed E-state index contributed by atoms with van der Waals surface area (Å²) < 4.78 is 44.3. The van der Waals surface area contributed by atoms with Crippen LogP contribution in [0.5, 0.6) is 0 Å². The minimum Gasteiger partial charge on any atom is -0.344 e. The largest absolute Gasteiger partial charge is 0.416 e. The molecule has 3 aliphatic rings. The van der Waals surface area contributed by atoms with Crippen molar-refractivity contribution >= 4 is 22.8 Å². The Labute approximate surface area is 311 Å². The summed E-state index contributed by atoms with van der Waals surface area (Å²) in [6.45, 7) is 15.5. The number of benzene rings is 3. The Morgan fingerprint density at radius 2 is 1.53 bits per heavy atom. The summed E-state index contributed by atoms with van der Waals surface area (Å²) in [6.07, 6.45) is 11.3. The maximum atomic E-state index is 13.3. The van der Waals surface area contributed by atoms with Gasteiger partial charge in [-0.25, -0.2) is 4.68 Å². The predicted molar refractivity (Wildman–Crippen MR) is 209 cm³/mol. The maximum Gasteiger partial charge on any atom is 0.416 e. The fourth-order valence-corrected chi connectivity index (χ4v) is 8.44. The maximum absolute atomic E-state index is 13.3. The van der Waals surface area contributed by atoms with Crippen LogP contribution < -0.4 is 4.90 Å². The van der Waals surface area contributed by atoms with Crippen molar-refractivity contribution in [2.24, 2.45) is 0 Å². The second kappa shape index (κ2) is 14.1. The van der Waals surface area contributed by atoms with Gasteiger partial charge in [0.05, 0.1) is 22.9 Å². The first-order valence-electron chi connectivity index (χ1n) is 18.9. The summed E-state index contributed by atoms with van der Waals surface area (Å²) in [4.78, 5) is 2.45. The van der Waals surface area contributed by atoms with Crippen LogP contribution in [-0.2, 0) is 17.0 Å². The molecule has 4 aromatic rings. The Bertz CT molecular complexity index is 2170. The van der Waals surface area contributed by atoms with Crippen molar-refractivity contribution in [3.63, 3.8) is 0 Å². The summed E-state index contributed by atoms with van der Waals surface area (Å²) in [6, 6.07) is 22.5. The fourth-order valence-electron chi connectivity index (χ4n) is 8.44. The molecule has 274 valence electrons. The molecule has 0 atom stereocenters. The van der Waals surface area contributed by atoms with E-state index in [1.807, 2.05) is 10.9 Å². The predicted octanol–water partition coefficient (Wildman–Crippen LogP) is 11.4. The summed E-state index contributed by atoms with van der Waals surface area (Å²) in [5.74, 6) is 0. The van der Waals surface area contributed by atoms with Gasteiger partial charge >= 0.3 is 6.18 Å². The van der Waals surface area contributed by atoms with Crippen LogP contribution in [0, 0.1) is 0 Å². The number of alkyl halides is 3. The lowest BCUT2D eigenvalue weighted by Gasteiger charge is -2.27. The molecule has 1 aromatic heterocycles. The van der Waals surface area contributed by atoms with Gasteiger partial charge in [-0.3, -0.25) is 0 Å². The third kappa shape index (κ3) is 6.62. The Morgan fingerprint density at radius 3 is 2.25 bits per heavy atom. The summed E-state index contributed by atoms with van der Waals surface area (Å²) >= 11 is 0. The highest BCUT2D eigenvalue weighted by molar-refractivity contribution is 6.03. The summed E-state index contributed by atoms with van der Waals surface area (Å²) in [5, 5.41) is 9.10. The van der Waals surface area contributed by atoms with Gasteiger partial charge in [0.15, 0.2) is 5.71 Å². The Kier molecular flexibility index (Phi) is 9.68. The van der Waals surface area contributed by atoms with E-state index in [0.717, 1.165) is 74.2 Å². The average Bonchev–Trinajstić information content (AvgIpc) is 3.77. The van der Waals surface area contributed by atoms with Crippen LogP contribution in [0.15, 0.2) is 120 Å². The minimum absolute atomic E-state index is 0.171. The lowest BCUT2D eigenvalue weighted by molar-refractivity contribution is -0.437. The van der Waals surface area contributed by atoms with Crippen molar-refractivity contribution < 1.29 is 17.7 Å². The van der Waals surface area contributed by atoms with Crippen LogP contribution in [0.25, 0.3) is 17.0 Å². The van der Waals surface area contributed by atoms with Gasteiger partial charge in [0.1, 0.15) is 12.2 Å². The first-order chi connectivity index (χ1) is 25.4. The van der Waals surface area contributed by atoms with E-state index in [2.05, 4.69) is 134 Å². The van der Waals surface area contributed by atoms with E-state index >= 15 is 0 Å². The molecule has 0 unspecified atom stereocenters. The second-order valence-corrected chi connectivity index (χ2v) is 15.4. The minimum atomic E-state index is -4.40. The van der Waals surface area contributed by atoms with E-state index in [1.165, 1.54) is 46.0 Å². The van der Waals surface area contributed by atoms with Gasteiger partial charge in [-0.1, -0.05) is 93.6 Å². The number of para-hydroxylation sites is 2.